The third-order valence-corrected chi connectivity index (χ3v) is 2.92. The maximum Gasteiger partial charge on any atom is 0.191 e. The normalized spacial score (nSPS) is 11.1. The second kappa shape index (κ2) is 6.62. The fourth-order valence-electron chi connectivity index (χ4n) is 1.75. The molecule has 0 saturated heterocycles. The molecule has 2 aromatic rings. The number of rotatable bonds is 6. The van der Waals surface area contributed by atoms with Crippen molar-refractivity contribution in [3.05, 3.63) is 41.5 Å². The summed E-state index contributed by atoms with van der Waals surface area (Å²) in [5.41, 5.74) is 0.532. The summed E-state index contributed by atoms with van der Waals surface area (Å²) in [5.74, 6) is -1.36. The molecule has 0 unspecified atom stereocenters. The van der Waals surface area contributed by atoms with Crippen LogP contribution in [-0.4, -0.2) is 20.8 Å². The zero-order valence-electron chi connectivity index (χ0n) is 12.2. The van der Waals surface area contributed by atoms with Crippen molar-refractivity contribution in [3.63, 3.8) is 0 Å². The lowest BCUT2D eigenvalue weighted by molar-refractivity contribution is 0.262. The van der Waals surface area contributed by atoms with E-state index in [1.54, 1.807) is 11.6 Å². The first kappa shape index (κ1) is 15.4. The van der Waals surface area contributed by atoms with E-state index < -0.39 is 17.4 Å². The van der Waals surface area contributed by atoms with Crippen LogP contribution in [-0.2, 0) is 20.2 Å². The lowest BCUT2D eigenvalue weighted by Crippen LogP contribution is -2.22. The van der Waals surface area contributed by atoms with Crippen molar-refractivity contribution in [2.45, 2.75) is 33.0 Å². The maximum atomic E-state index is 13.9. The summed E-state index contributed by atoms with van der Waals surface area (Å²) < 4.78 is 34.7. The van der Waals surface area contributed by atoms with Crippen LogP contribution < -0.4 is 10.1 Å². The fraction of sp³-hybridized carbons (Fsp3) is 0.429. The average Bonchev–Trinajstić information content (AvgIpc) is 2.81. The van der Waals surface area contributed by atoms with Gasteiger partial charge in [0.2, 0.25) is 0 Å². The molecule has 0 saturated carbocycles. The van der Waals surface area contributed by atoms with E-state index in [-0.39, 0.29) is 12.6 Å². The van der Waals surface area contributed by atoms with E-state index in [9.17, 15) is 8.78 Å². The highest BCUT2D eigenvalue weighted by molar-refractivity contribution is 5.31. The molecule has 114 valence electrons. The highest BCUT2D eigenvalue weighted by Crippen LogP contribution is 2.24. The molecule has 0 bridgehead atoms. The van der Waals surface area contributed by atoms with Crippen LogP contribution in [0, 0.1) is 11.6 Å². The summed E-state index contributed by atoms with van der Waals surface area (Å²) >= 11 is 0. The first-order valence-corrected chi connectivity index (χ1v) is 6.64. The van der Waals surface area contributed by atoms with E-state index >= 15 is 0 Å². The molecule has 0 aliphatic carbocycles. The molecular formula is C14H18F2N4O. The van der Waals surface area contributed by atoms with Crippen LogP contribution in [0.2, 0.25) is 0 Å². The van der Waals surface area contributed by atoms with Gasteiger partial charge in [-0.15, -0.1) is 10.2 Å². The van der Waals surface area contributed by atoms with Crippen molar-refractivity contribution in [3.8, 4) is 5.75 Å². The number of aryl methyl sites for hydroxylation is 1. The molecule has 5 nitrogen and oxygen atoms in total. The molecule has 7 heteroatoms. The van der Waals surface area contributed by atoms with Crippen LogP contribution in [0.1, 0.15) is 25.2 Å². The van der Waals surface area contributed by atoms with Gasteiger partial charge in [-0.1, -0.05) is 13.8 Å². The SMILES string of the molecule is CC(C)NCc1cc(F)c(OCc2nncn2C)c(F)c1. The van der Waals surface area contributed by atoms with Crippen molar-refractivity contribution in [2.75, 3.05) is 0 Å². The van der Waals surface area contributed by atoms with Crippen LogP contribution in [0.25, 0.3) is 0 Å². The summed E-state index contributed by atoms with van der Waals surface area (Å²) in [5, 5.41) is 10.6. The lowest BCUT2D eigenvalue weighted by Gasteiger charge is -2.11. The Balaban J connectivity index is 2.08. The molecule has 0 radical (unpaired) electrons. The van der Waals surface area contributed by atoms with Crippen LogP contribution in [0.15, 0.2) is 18.5 Å². The van der Waals surface area contributed by atoms with E-state index in [4.69, 9.17) is 4.74 Å². The second-order valence-electron chi connectivity index (χ2n) is 5.07. The van der Waals surface area contributed by atoms with Crippen molar-refractivity contribution in [2.24, 2.45) is 7.05 Å². The molecule has 1 aromatic carbocycles. The van der Waals surface area contributed by atoms with E-state index in [1.807, 2.05) is 13.8 Å². The Morgan fingerprint density at radius 3 is 2.48 bits per heavy atom. The van der Waals surface area contributed by atoms with Crippen LogP contribution >= 0.6 is 0 Å². The lowest BCUT2D eigenvalue weighted by atomic mass is 10.2. The van der Waals surface area contributed by atoms with Gasteiger partial charge in [-0.05, 0) is 17.7 Å². The number of nitrogens with one attached hydrogen (secondary N) is 1. The smallest absolute Gasteiger partial charge is 0.191 e. The largest absolute Gasteiger partial charge is 0.479 e. The van der Waals surface area contributed by atoms with Gasteiger partial charge in [-0.3, -0.25) is 0 Å². The van der Waals surface area contributed by atoms with Gasteiger partial charge in [0.25, 0.3) is 0 Å². The number of nitrogens with zero attached hydrogens (tertiary/aromatic N) is 3. The predicted molar refractivity (Wildman–Crippen MR) is 73.7 cm³/mol. The van der Waals surface area contributed by atoms with E-state index in [0.717, 1.165) is 0 Å². The molecule has 2 rings (SSSR count). The molecule has 0 spiro atoms. The molecular weight excluding hydrogens is 278 g/mol. The van der Waals surface area contributed by atoms with E-state index in [2.05, 4.69) is 15.5 Å². The third kappa shape index (κ3) is 3.98. The van der Waals surface area contributed by atoms with E-state index in [1.165, 1.54) is 18.5 Å². The van der Waals surface area contributed by atoms with Crippen LogP contribution in [0.3, 0.4) is 0 Å². The molecule has 0 aliphatic rings. The zero-order valence-corrected chi connectivity index (χ0v) is 12.2. The minimum absolute atomic E-state index is 0.0477. The number of benzene rings is 1. The Hall–Kier alpha value is -2.02. The minimum atomic E-state index is -0.724. The number of aromatic nitrogens is 3. The summed E-state index contributed by atoms with van der Waals surface area (Å²) in [6.07, 6.45) is 1.49. The quantitative estimate of drug-likeness (QED) is 0.887. The fourth-order valence-corrected chi connectivity index (χ4v) is 1.75. The molecule has 0 aliphatic heterocycles. The molecule has 1 aromatic heterocycles. The third-order valence-electron chi connectivity index (χ3n) is 2.92. The zero-order chi connectivity index (χ0) is 15.4. The molecule has 0 fully saturated rings. The second-order valence-corrected chi connectivity index (χ2v) is 5.07. The molecule has 1 N–H and O–H groups in total. The Bertz CT molecular complexity index is 590. The van der Waals surface area contributed by atoms with E-state index in [0.29, 0.717) is 17.9 Å². The standard InChI is InChI=1S/C14H18F2N4O/c1-9(2)17-6-10-4-11(15)14(12(16)5-10)21-7-13-19-18-8-20(13)3/h4-5,8-9,17H,6-7H2,1-3H3. The monoisotopic (exact) mass is 296 g/mol. The van der Waals surface area contributed by atoms with Crippen LogP contribution in [0.5, 0.6) is 5.75 Å². The van der Waals surface area contributed by atoms with Gasteiger partial charge in [0.15, 0.2) is 23.2 Å². The van der Waals surface area contributed by atoms with Gasteiger partial charge in [0, 0.05) is 19.6 Å². The van der Waals surface area contributed by atoms with Crippen molar-refractivity contribution in [1.29, 1.82) is 0 Å². The molecule has 0 atom stereocenters. The van der Waals surface area contributed by atoms with Gasteiger partial charge in [-0.2, -0.15) is 0 Å². The highest BCUT2D eigenvalue weighted by Gasteiger charge is 2.14. The van der Waals surface area contributed by atoms with Crippen molar-refractivity contribution >= 4 is 0 Å². The number of halogens is 2. The highest BCUT2D eigenvalue weighted by atomic mass is 19.1. The number of ether oxygens (including phenoxy) is 1. The Morgan fingerprint density at radius 1 is 1.29 bits per heavy atom. The predicted octanol–water partition coefficient (Wildman–Crippen LogP) is 2.17. The molecule has 0 amide bonds. The summed E-state index contributed by atoms with van der Waals surface area (Å²) in [7, 11) is 1.73. The maximum absolute atomic E-state index is 13.9. The summed E-state index contributed by atoms with van der Waals surface area (Å²) in [6, 6.07) is 2.78. The summed E-state index contributed by atoms with van der Waals surface area (Å²) in [6.45, 7) is 4.28. The van der Waals surface area contributed by atoms with Gasteiger partial charge in [0.05, 0.1) is 0 Å². The Kier molecular flexibility index (Phi) is 4.85. The first-order valence-electron chi connectivity index (χ1n) is 6.64. The molecule has 21 heavy (non-hydrogen) atoms. The first-order chi connectivity index (χ1) is 9.97. The molecule has 1 heterocycles. The summed E-state index contributed by atoms with van der Waals surface area (Å²) in [4.78, 5) is 0. The number of hydrogen-bond donors (Lipinski definition) is 1. The average molecular weight is 296 g/mol. The minimum Gasteiger partial charge on any atom is -0.479 e. The van der Waals surface area contributed by atoms with Gasteiger partial charge in [0.1, 0.15) is 12.9 Å². The van der Waals surface area contributed by atoms with Gasteiger partial charge >= 0.3 is 0 Å². The van der Waals surface area contributed by atoms with Crippen molar-refractivity contribution < 1.29 is 13.5 Å². The van der Waals surface area contributed by atoms with Gasteiger partial charge < -0.3 is 14.6 Å². The number of hydrogen-bond acceptors (Lipinski definition) is 4. The topological polar surface area (TPSA) is 52.0 Å². The van der Waals surface area contributed by atoms with Crippen LogP contribution in [0.4, 0.5) is 8.78 Å². The Labute approximate surface area is 121 Å². The van der Waals surface area contributed by atoms with Crippen molar-refractivity contribution in [1.82, 2.24) is 20.1 Å². The Morgan fingerprint density at radius 2 is 1.95 bits per heavy atom. The van der Waals surface area contributed by atoms with Gasteiger partial charge in [-0.25, -0.2) is 8.78 Å².